The molecule has 2 unspecified atom stereocenters. The number of hydrogen-bond donors (Lipinski definition) is 1. The number of ether oxygens (including phenoxy) is 1. The molecule has 1 aliphatic heterocycles. The fourth-order valence-corrected chi connectivity index (χ4v) is 3.88. The molecule has 2 atom stereocenters. The summed E-state index contributed by atoms with van der Waals surface area (Å²) in [6, 6.07) is 6.10. The topological polar surface area (TPSA) is 72.6 Å². The zero-order valence-electron chi connectivity index (χ0n) is 12.9. The maximum Gasteiger partial charge on any atom is 0.334 e. The summed E-state index contributed by atoms with van der Waals surface area (Å²) in [5, 5.41) is 0. The van der Waals surface area contributed by atoms with Crippen molar-refractivity contribution >= 4 is 41.0 Å². The Morgan fingerprint density at radius 3 is 2.50 bits per heavy atom. The molecule has 0 spiro atoms. The number of carbonyl (C=O) groups is 2. The number of nitrogens with two attached hydrogens (primary N) is 1. The van der Waals surface area contributed by atoms with E-state index in [4.69, 9.17) is 22.2 Å². The minimum atomic E-state index is -1.50. The number of anilines is 1. The third-order valence-corrected chi connectivity index (χ3v) is 4.98. The van der Waals surface area contributed by atoms with Gasteiger partial charge in [-0.25, -0.2) is 4.79 Å². The van der Waals surface area contributed by atoms with Crippen LogP contribution in [-0.2, 0) is 14.3 Å². The van der Waals surface area contributed by atoms with Crippen LogP contribution in [0.5, 0.6) is 0 Å². The molecule has 22 heavy (non-hydrogen) atoms. The van der Waals surface area contributed by atoms with E-state index in [0.29, 0.717) is 5.69 Å². The molecule has 0 aliphatic carbocycles. The summed E-state index contributed by atoms with van der Waals surface area (Å²) in [4.78, 5) is 23.9. The summed E-state index contributed by atoms with van der Waals surface area (Å²) in [5.74, 6) is -0.962. The number of halogens is 1. The van der Waals surface area contributed by atoms with Gasteiger partial charge in [0.1, 0.15) is 5.60 Å². The van der Waals surface area contributed by atoms with Crippen LogP contribution in [0.3, 0.4) is 0 Å². The molecule has 1 heterocycles. The van der Waals surface area contributed by atoms with Crippen LogP contribution in [0.1, 0.15) is 27.7 Å². The predicted octanol–water partition coefficient (Wildman–Crippen LogP) is 2.71. The highest BCUT2D eigenvalue weighted by Crippen LogP contribution is 2.47. The molecule has 2 rings (SSSR count). The highest BCUT2D eigenvalue weighted by molar-refractivity contribution is 8.01. The summed E-state index contributed by atoms with van der Waals surface area (Å²) in [6.07, 6.45) is 0. The lowest BCUT2D eigenvalue weighted by Gasteiger charge is -2.43. The SMILES string of the molecule is CC(=O)C1(N)Sc2ccccc2N(Cl)C1C(=O)OC(C)(C)C. The third-order valence-electron chi connectivity index (χ3n) is 3.19. The quantitative estimate of drug-likeness (QED) is 0.658. The van der Waals surface area contributed by atoms with Crippen LogP contribution in [0, 0.1) is 0 Å². The first kappa shape index (κ1) is 17.1. The third kappa shape index (κ3) is 3.09. The van der Waals surface area contributed by atoms with Crippen LogP contribution >= 0.6 is 23.5 Å². The lowest BCUT2D eigenvalue weighted by Crippen LogP contribution is -2.64. The van der Waals surface area contributed by atoms with Gasteiger partial charge in [-0.2, -0.15) is 0 Å². The van der Waals surface area contributed by atoms with E-state index in [-0.39, 0.29) is 5.78 Å². The Labute approximate surface area is 139 Å². The molecule has 0 fully saturated rings. The number of rotatable bonds is 2. The van der Waals surface area contributed by atoms with Gasteiger partial charge in [0, 0.05) is 16.7 Å². The van der Waals surface area contributed by atoms with Crippen LogP contribution in [-0.4, -0.2) is 28.3 Å². The first-order valence-corrected chi connectivity index (χ1v) is 7.97. The minimum Gasteiger partial charge on any atom is -0.458 e. The average molecular weight is 343 g/mol. The first-order valence-electron chi connectivity index (χ1n) is 6.82. The Balaban J connectivity index is 2.49. The standard InChI is InChI=1S/C15H19ClN2O3S/c1-9(19)15(17)12(13(20)21-14(2,3)4)18(16)10-7-5-6-8-11(10)22-15/h5-8,12H,17H2,1-4H3. The molecule has 2 N–H and O–H groups in total. The number of hydrogen-bond acceptors (Lipinski definition) is 6. The van der Waals surface area contributed by atoms with Crippen LogP contribution in [0.4, 0.5) is 5.69 Å². The number of esters is 1. The molecule has 120 valence electrons. The normalized spacial score (nSPS) is 24.6. The summed E-state index contributed by atoms with van der Waals surface area (Å²) >= 11 is 7.49. The Morgan fingerprint density at radius 2 is 1.95 bits per heavy atom. The molecular formula is C15H19ClN2O3S. The first-order chi connectivity index (χ1) is 10.1. The van der Waals surface area contributed by atoms with Gasteiger partial charge < -0.3 is 10.5 Å². The van der Waals surface area contributed by atoms with E-state index in [1.165, 1.54) is 11.3 Å². The largest absolute Gasteiger partial charge is 0.458 e. The molecule has 7 heteroatoms. The van der Waals surface area contributed by atoms with Gasteiger partial charge in [-0.05, 0) is 39.8 Å². The Bertz CT molecular complexity index is 617. The molecule has 0 aromatic heterocycles. The second kappa shape index (κ2) is 5.76. The van der Waals surface area contributed by atoms with Gasteiger partial charge in [0.05, 0.1) is 5.69 Å². The molecule has 5 nitrogen and oxygen atoms in total. The summed E-state index contributed by atoms with van der Waals surface area (Å²) in [7, 11) is 0. The molecule has 0 bridgehead atoms. The monoisotopic (exact) mass is 342 g/mol. The summed E-state index contributed by atoms with van der Waals surface area (Å²) < 4.78 is 6.61. The van der Waals surface area contributed by atoms with Gasteiger partial charge >= 0.3 is 5.97 Å². The van der Waals surface area contributed by atoms with Gasteiger partial charge in [-0.1, -0.05) is 23.9 Å². The Hall–Kier alpha value is -1.24. The molecule has 1 aromatic carbocycles. The van der Waals surface area contributed by atoms with Crippen molar-refractivity contribution in [1.29, 1.82) is 0 Å². The zero-order chi connectivity index (χ0) is 16.7. The van der Waals surface area contributed by atoms with E-state index in [0.717, 1.165) is 16.7 Å². The van der Waals surface area contributed by atoms with E-state index >= 15 is 0 Å². The highest BCUT2D eigenvalue weighted by atomic mass is 35.5. The summed E-state index contributed by atoms with van der Waals surface area (Å²) in [5.41, 5.74) is 6.19. The van der Waals surface area contributed by atoms with Gasteiger partial charge in [-0.15, -0.1) is 0 Å². The van der Waals surface area contributed by atoms with Crippen molar-refractivity contribution in [3.63, 3.8) is 0 Å². The van der Waals surface area contributed by atoms with Gasteiger partial charge in [0.15, 0.2) is 16.7 Å². The molecule has 1 aliphatic rings. The van der Waals surface area contributed by atoms with Crippen LogP contribution in [0.2, 0.25) is 0 Å². The number of nitrogens with zero attached hydrogens (tertiary/aromatic N) is 1. The van der Waals surface area contributed by atoms with Crippen molar-refractivity contribution in [3.8, 4) is 0 Å². The second-order valence-electron chi connectivity index (χ2n) is 6.17. The summed E-state index contributed by atoms with van der Waals surface area (Å²) in [6.45, 7) is 6.60. The molecule has 0 amide bonds. The Morgan fingerprint density at radius 1 is 1.36 bits per heavy atom. The van der Waals surface area contributed by atoms with Crippen molar-refractivity contribution in [1.82, 2.24) is 0 Å². The van der Waals surface area contributed by atoms with Gasteiger partial charge in [0.25, 0.3) is 0 Å². The molecule has 0 saturated heterocycles. The lowest BCUT2D eigenvalue weighted by molar-refractivity contribution is -0.158. The fraction of sp³-hybridized carbons (Fsp3) is 0.467. The fourth-order valence-electron chi connectivity index (χ4n) is 2.15. The van der Waals surface area contributed by atoms with Crippen molar-refractivity contribution in [3.05, 3.63) is 24.3 Å². The molecular weight excluding hydrogens is 324 g/mol. The van der Waals surface area contributed by atoms with E-state index in [1.807, 2.05) is 12.1 Å². The van der Waals surface area contributed by atoms with Crippen molar-refractivity contribution in [2.45, 2.75) is 49.1 Å². The number of benzene rings is 1. The van der Waals surface area contributed by atoms with E-state index < -0.39 is 22.5 Å². The predicted molar refractivity (Wildman–Crippen MR) is 87.9 cm³/mol. The maximum absolute atomic E-state index is 12.6. The number of ketones is 1. The van der Waals surface area contributed by atoms with E-state index in [1.54, 1.807) is 32.9 Å². The van der Waals surface area contributed by atoms with E-state index in [9.17, 15) is 9.59 Å². The number of fused-ring (bicyclic) bond motifs is 1. The molecule has 1 aromatic rings. The van der Waals surface area contributed by atoms with Crippen LogP contribution in [0.25, 0.3) is 0 Å². The van der Waals surface area contributed by atoms with E-state index in [2.05, 4.69) is 0 Å². The van der Waals surface area contributed by atoms with Crippen LogP contribution in [0.15, 0.2) is 29.2 Å². The lowest BCUT2D eigenvalue weighted by atomic mass is 10.0. The number of Topliss-reactive ketones (excluding diaryl/α,β-unsaturated/α-hetero) is 1. The minimum absolute atomic E-state index is 0.339. The molecule has 0 radical (unpaired) electrons. The zero-order valence-corrected chi connectivity index (χ0v) is 14.5. The van der Waals surface area contributed by atoms with Crippen molar-refractivity contribution < 1.29 is 14.3 Å². The number of thioether (sulfide) groups is 1. The number of para-hydroxylation sites is 1. The van der Waals surface area contributed by atoms with Gasteiger partial charge in [-0.3, -0.25) is 9.21 Å². The number of carbonyl (C=O) groups excluding carboxylic acids is 2. The highest BCUT2D eigenvalue weighted by Gasteiger charge is 2.53. The smallest absolute Gasteiger partial charge is 0.334 e. The molecule has 0 saturated carbocycles. The van der Waals surface area contributed by atoms with Crippen molar-refractivity contribution in [2.75, 3.05) is 4.42 Å². The maximum atomic E-state index is 12.6. The second-order valence-corrected chi connectivity index (χ2v) is 7.85. The van der Waals surface area contributed by atoms with Gasteiger partial charge in [0.2, 0.25) is 0 Å². The average Bonchev–Trinajstić information content (AvgIpc) is 2.36. The van der Waals surface area contributed by atoms with Crippen LogP contribution < -0.4 is 10.2 Å². The Kier molecular flexibility index (Phi) is 4.48. The van der Waals surface area contributed by atoms with Crippen molar-refractivity contribution in [2.24, 2.45) is 5.73 Å².